The van der Waals surface area contributed by atoms with Gasteiger partial charge >= 0.3 is 6.09 Å². The maximum absolute atomic E-state index is 12.2. The van der Waals surface area contributed by atoms with Crippen LogP contribution in [0.15, 0.2) is 23.2 Å². The fraction of sp³-hybridized carbons (Fsp3) is 0.619. The summed E-state index contributed by atoms with van der Waals surface area (Å²) in [5.41, 5.74) is 0.497. The number of ether oxygens (including phenoxy) is 3. The van der Waals surface area contributed by atoms with Gasteiger partial charge in [0, 0.05) is 26.2 Å². The van der Waals surface area contributed by atoms with E-state index in [4.69, 9.17) is 14.2 Å². The normalized spacial score (nSPS) is 11.6. The quantitative estimate of drug-likeness (QED) is 0.483. The number of nitrogens with zero attached hydrogens (tertiary/aromatic N) is 2. The van der Waals surface area contributed by atoms with Gasteiger partial charge in [-0.15, -0.1) is 0 Å². The SMILES string of the molecule is CCNC(=NCc1ccc(OC)c(OC)c1)NCCN(CC)C(=O)OC(C)(C)C. The third-order valence-electron chi connectivity index (χ3n) is 3.92. The molecule has 0 heterocycles. The van der Waals surface area contributed by atoms with Crippen LogP contribution in [0.25, 0.3) is 0 Å². The summed E-state index contributed by atoms with van der Waals surface area (Å²) in [5, 5.41) is 6.47. The molecule has 1 aromatic rings. The van der Waals surface area contributed by atoms with Gasteiger partial charge in [0.15, 0.2) is 17.5 Å². The van der Waals surface area contributed by atoms with Gasteiger partial charge in [-0.25, -0.2) is 9.79 Å². The van der Waals surface area contributed by atoms with Gasteiger partial charge in [0.2, 0.25) is 0 Å². The Morgan fingerprint density at radius 1 is 1.10 bits per heavy atom. The van der Waals surface area contributed by atoms with Gasteiger partial charge in [-0.2, -0.15) is 0 Å². The first-order valence-electron chi connectivity index (χ1n) is 9.95. The van der Waals surface area contributed by atoms with Crippen LogP contribution >= 0.6 is 0 Å². The molecule has 0 unspecified atom stereocenters. The molecule has 0 saturated carbocycles. The van der Waals surface area contributed by atoms with E-state index < -0.39 is 5.60 Å². The first kappa shape index (κ1) is 24.4. The van der Waals surface area contributed by atoms with Crippen LogP contribution in [0.2, 0.25) is 0 Å². The Bertz CT molecular complexity index is 671. The van der Waals surface area contributed by atoms with Crippen LogP contribution in [0.5, 0.6) is 11.5 Å². The van der Waals surface area contributed by atoms with Crippen LogP contribution in [0, 0.1) is 0 Å². The molecule has 1 rings (SSSR count). The van der Waals surface area contributed by atoms with Crippen molar-refractivity contribution in [3.05, 3.63) is 23.8 Å². The fourth-order valence-electron chi connectivity index (χ4n) is 2.51. The zero-order chi connectivity index (χ0) is 21.9. The maximum Gasteiger partial charge on any atom is 0.410 e. The number of likely N-dealkylation sites (N-methyl/N-ethyl adjacent to an activating group) is 1. The van der Waals surface area contributed by atoms with E-state index in [1.54, 1.807) is 19.1 Å². The molecule has 0 aliphatic heterocycles. The largest absolute Gasteiger partial charge is 0.493 e. The lowest BCUT2D eigenvalue weighted by molar-refractivity contribution is 0.0264. The predicted octanol–water partition coefficient (Wildman–Crippen LogP) is 3.02. The number of guanidine groups is 1. The minimum Gasteiger partial charge on any atom is -0.493 e. The lowest BCUT2D eigenvalue weighted by Gasteiger charge is -2.26. The van der Waals surface area contributed by atoms with Crippen molar-refractivity contribution in [1.82, 2.24) is 15.5 Å². The van der Waals surface area contributed by atoms with E-state index in [0.717, 1.165) is 12.1 Å². The molecule has 0 aliphatic rings. The molecule has 1 aromatic carbocycles. The molecule has 0 spiro atoms. The first-order chi connectivity index (χ1) is 13.7. The minimum atomic E-state index is -0.506. The number of nitrogens with one attached hydrogen (secondary N) is 2. The van der Waals surface area contributed by atoms with Crippen molar-refractivity contribution in [2.24, 2.45) is 4.99 Å². The van der Waals surface area contributed by atoms with Crippen molar-refractivity contribution < 1.29 is 19.0 Å². The second kappa shape index (κ2) is 12.0. The zero-order valence-corrected chi connectivity index (χ0v) is 18.8. The molecule has 0 atom stereocenters. The monoisotopic (exact) mass is 408 g/mol. The second-order valence-corrected chi connectivity index (χ2v) is 7.37. The van der Waals surface area contributed by atoms with E-state index in [2.05, 4.69) is 15.6 Å². The molecule has 8 nitrogen and oxygen atoms in total. The number of amides is 1. The molecule has 0 bridgehead atoms. The van der Waals surface area contributed by atoms with Gasteiger partial charge in [0.1, 0.15) is 5.60 Å². The average molecular weight is 409 g/mol. The van der Waals surface area contributed by atoms with Gasteiger partial charge in [-0.05, 0) is 52.3 Å². The van der Waals surface area contributed by atoms with E-state index in [9.17, 15) is 4.79 Å². The highest BCUT2D eigenvalue weighted by Crippen LogP contribution is 2.27. The van der Waals surface area contributed by atoms with Crippen LogP contribution in [0.1, 0.15) is 40.2 Å². The van der Waals surface area contributed by atoms with Crippen molar-refractivity contribution in [2.45, 2.75) is 46.8 Å². The van der Waals surface area contributed by atoms with Gasteiger partial charge in [-0.1, -0.05) is 6.07 Å². The molecule has 29 heavy (non-hydrogen) atoms. The van der Waals surface area contributed by atoms with Gasteiger partial charge in [0.25, 0.3) is 0 Å². The topological polar surface area (TPSA) is 84.4 Å². The molecular formula is C21H36N4O4. The number of rotatable bonds is 9. The second-order valence-electron chi connectivity index (χ2n) is 7.37. The summed E-state index contributed by atoms with van der Waals surface area (Å²) in [4.78, 5) is 18.5. The Morgan fingerprint density at radius 2 is 1.79 bits per heavy atom. The highest BCUT2D eigenvalue weighted by atomic mass is 16.6. The minimum absolute atomic E-state index is 0.311. The van der Waals surface area contributed by atoms with Crippen LogP contribution in [0.4, 0.5) is 4.79 Å². The highest BCUT2D eigenvalue weighted by molar-refractivity contribution is 5.79. The van der Waals surface area contributed by atoms with Crippen molar-refractivity contribution in [3.8, 4) is 11.5 Å². The average Bonchev–Trinajstić information content (AvgIpc) is 2.67. The number of hydrogen-bond donors (Lipinski definition) is 2. The summed E-state index contributed by atoms with van der Waals surface area (Å²) in [6.45, 7) is 12.4. The summed E-state index contributed by atoms with van der Waals surface area (Å²) in [7, 11) is 3.22. The summed E-state index contributed by atoms with van der Waals surface area (Å²) in [6.07, 6.45) is -0.311. The zero-order valence-electron chi connectivity index (χ0n) is 18.8. The summed E-state index contributed by atoms with van der Waals surface area (Å²) in [6, 6.07) is 5.73. The van der Waals surface area contributed by atoms with Crippen LogP contribution in [-0.4, -0.2) is 63.0 Å². The molecule has 8 heteroatoms. The number of methoxy groups -OCH3 is 2. The Labute approximate surface area is 174 Å². The summed E-state index contributed by atoms with van der Waals surface area (Å²) in [5.74, 6) is 2.05. The molecule has 164 valence electrons. The van der Waals surface area contributed by atoms with Gasteiger partial charge in [0.05, 0.1) is 20.8 Å². The van der Waals surface area contributed by atoms with E-state index in [0.29, 0.717) is 43.6 Å². The van der Waals surface area contributed by atoms with Crippen molar-refractivity contribution in [1.29, 1.82) is 0 Å². The van der Waals surface area contributed by atoms with E-state index in [1.807, 2.05) is 52.8 Å². The molecule has 0 saturated heterocycles. The smallest absolute Gasteiger partial charge is 0.410 e. The Morgan fingerprint density at radius 3 is 2.34 bits per heavy atom. The van der Waals surface area contributed by atoms with Crippen molar-refractivity contribution in [2.75, 3.05) is 40.4 Å². The maximum atomic E-state index is 12.2. The number of carbonyl (C=O) groups is 1. The molecule has 1 amide bonds. The van der Waals surface area contributed by atoms with E-state index in [1.165, 1.54) is 0 Å². The van der Waals surface area contributed by atoms with E-state index >= 15 is 0 Å². The Kier molecular flexibility index (Phi) is 10.1. The summed E-state index contributed by atoms with van der Waals surface area (Å²) >= 11 is 0. The first-order valence-corrected chi connectivity index (χ1v) is 9.95. The van der Waals surface area contributed by atoms with Crippen LogP contribution in [-0.2, 0) is 11.3 Å². The van der Waals surface area contributed by atoms with Crippen molar-refractivity contribution in [3.63, 3.8) is 0 Å². The number of benzene rings is 1. The third kappa shape index (κ3) is 8.93. The van der Waals surface area contributed by atoms with Gasteiger partial charge in [-0.3, -0.25) is 0 Å². The van der Waals surface area contributed by atoms with Crippen LogP contribution < -0.4 is 20.1 Å². The van der Waals surface area contributed by atoms with Crippen LogP contribution in [0.3, 0.4) is 0 Å². The Balaban J connectivity index is 2.67. The predicted molar refractivity (Wildman–Crippen MR) is 116 cm³/mol. The summed E-state index contributed by atoms with van der Waals surface area (Å²) < 4.78 is 16.0. The molecular weight excluding hydrogens is 372 g/mol. The highest BCUT2D eigenvalue weighted by Gasteiger charge is 2.20. The van der Waals surface area contributed by atoms with E-state index in [-0.39, 0.29) is 6.09 Å². The number of carbonyl (C=O) groups excluding carboxylic acids is 1. The lowest BCUT2D eigenvalue weighted by atomic mass is 10.2. The molecule has 0 fully saturated rings. The standard InChI is InChI=1S/C21H36N4O4/c1-8-22-19(23-12-13-25(9-2)20(26)29-21(3,4)5)24-15-16-10-11-17(27-6)18(14-16)28-7/h10-11,14H,8-9,12-13,15H2,1-7H3,(H2,22,23,24). The molecule has 2 N–H and O–H groups in total. The number of hydrogen-bond acceptors (Lipinski definition) is 5. The molecule has 0 aliphatic carbocycles. The number of aliphatic imine (C=N–C) groups is 1. The molecule has 0 radical (unpaired) electrons. The van der Waals surface area contributed by atoms with Crippen molar-refractivity contribution >= 4 is 12.1 Å². The fourth-order valence-corrected chi connectivity index (χ4v) is 2.51. The molecule has 0 aromatic heterocycles. The lowest BCUT2D eigenvalue weighted by Crippen LogP contribution is -2.44. The van der Waals surface area contributed by atoms with Gasteiger partial charge < -0.3 is 29.7 Å². The Hall–Kier alpha value is -2.64. The third-order valence-corrected chi connectivity index (χ3v) is 3.92.